The second kappa shape index (κ2) is 6.80. The number of hydrogen-bond donors (Lipinski definition) is 0. The summed E-state index contributed by atoms with van der Waals surface area (Å²) in [5.41, 5.74) is 1.78. The van der Waals surface area contributed by atoms with Crippen LogP contribution >= 0.6 is 11.6 Å². The zero-order chi connectivity index (χ0) is 17.1. The molecule has 0 saturated carbocycles. The Morgan fingerprint density at radius 2 is 2.12 bits per heavy atom. The lowest BCUT2D eigenvalue weighted by molar-refractivity contribution is 0.0426. The molecule has 124 valence electrons. The number of aromatic nitrogens is 2. The lowest BCUT2D eigenvalue weighted by Crippen LogP contribution is -2.09. The molecule has 2 heterocycles. The van der Waals surface area contributed by atoms with Crippen LogP contribution in [0.1, 0.15) is 16.2 Å². The molecule has 0 amide bonds. The zero-order valence-electron chi connectivity index (χ0n) is 13.2. The van der Waals surface area contributed by atoms with Crippen LogP contribution in [0.4, 0.5) is 0 Å². The molecule has 0 bridgehead atoms. The normalized spacial score (nSPS) is 10.6. The molecule has 0 fully saturated rings. The van der Waals surface area contributed by atoms with Crippen molar-refractivity contribution < 1.29 is 18.8 Å². The number of aryl methyl sites for hydroxylation is 1. The third-order valence-corrected chi connectivity index (χ3v) is 3.67. The highest BCUT2D eigenvalue weighted by Crippen LogP contribution is 2.29. The largest absolute Gasteiger partial charge is 0.496 e. The van der Waals surface area contributed by atoms with Gasteiger partial charge >= 0.3 is 5.97 Å². The number of rotatable bonds is 5. The molecule has 7 heteroatoms. The monoisotopic (exact) mass is 346 g/mol. The minimum atomic E-state index is -0.486. The van der Waals surface area contributed by atoms with Gasteiger partial charge in [0.25, 0.3) is 0 Å². The molecule has 0 atom stereocenters. The van der Waals surface area contributed by atoms with Crippen molar-refractivity contribution >= 4 is 17.6 Å². The molecule has 0 N–H and O–H groups in total. The van der Waals surface area contributed by atoms with Crippen molar-refractivity contribution in [2.45, 2.75) is 6.61 Å². The predicted molar refractivity (Wildman–Crippen MR) is 88.0 cm³/mol. The second-order valence-corrected chi connectivity index (χ2v) is 5.55. The van der Waals surface area contributed by atoms with Crippen molar-refractivity contribution in [1.82, 2.24) is 9.72 Å². The van der Waals surface area contributed by atoms with E-state index in [4.69, 9.17) is 25.6 Å². The summed E-state index contributed by atoms with van der Waals surface area (Å²) in [6.07, 6.45) is 1.63. The van der Waals surface area contributed by atoms with Crippen LogP contribution in [0.3, 0.4) is 0 Å². The van der Waals surface area contributed by atoms with Gasteiger partial charge in [0, 0.05) is 24.9 Å². The Morgan fingerprint density at radius 3 is 2.83 bits per heavy atom. The second-order valence-electron chi connectivity index (χ2n) is 5.11. The molecular weight excluding hydrogens is 332 g/mol. The minimum absolute atomic E-state index is 0.0240. The van der Waals surface area contributed by atoms with Gasteiger partial charge < -0.3 is 18.6 Å². The van der Waals surface area contributed by atoms with Gasteiger partial charge in [-0.2, -0.15) is 0 Å². The Hall–Kier alpha value is -2.73. The first-order valence-electron chi connectivity index (χ1n) is 7.16. The Morgan fingerprint density at radius 1 is 1.33 bits per heavy atom. The van der Waals surface area contributed by atoms with Crippen molar-refractivity contribution in [2.75, 3.05) is 7.11 Å². The molecular formula is C17H15ClN2O4. The van der Waals surface area contributed by atoms with Crippen LogP contribution in [0.5, 0.6) is 5.75 Å². The van der Waals surface area contributed by atoms with Gasteiger partial charge in [0.15, 0.2) is 12.4 Å². The maximum atomic E-state index is 12.0. The lowest BCUT2D eigenvalue weighted by atomic mass is 10.1. The van der Waals surface area contributed by atoms with E-state index in [0.717, 1.165) is 5.56 Å². The molecule has 0 spiro atoms. The summed E-state index contributed by atoms with van der Waals surface area (Å²) < 4.78 is 17.4. The van der Waals surface area contributed by atoms with E-state index in [2.05, 4.69) is 5.16 Å². The number of carbonyl (C=O) groups excluding carboxylic acids is 1. The van der Waals surface area contributed by atoms with Crippen LogP contribution in [-0.4, -0.2) is 22.8 Å². The first kappa shape index (κ1) is 16.1. The van der Waals surface area contributed by atoms with Crippen molar-refractivity contribution in [3.8, 4) is 17.0 Å². The number of ether oxygens (including phenoxy) is 2. The summed E-state index contributed by atoms with van der Waals surface area (Å²) in [5.74, 6) is 0.636. The number of carbonyl (C=O) groups is 1. The van der Waals surface area contributed by atoms with E-state index in [0.29, 0.717) is 27.9 Å². The first-order valence-corrected chi connectivity index (χ1v) is 7.54. The molecule has 0 aliphatic heterocycles. The fraction of sp³-hybridized carbons (Fsp3) is 0.176. The Kier molecular flexibility index (Phi) is 4.57. The SMILES string of the molecule is COc1ccccc1-c1cc(COC(=O)c2cc(Cl)cn2C)on1. The molecule has 2 aromatic heterocycles. The third kappa shape index (κ3) is 3.28. The average Bonchev–Trinajstić information content (AvgIpc) is 3.18. The Labute approximate surface area is 143 Å². The fourth-order valence-corrected chi connectivity index (χ4v) is 2.55. The number of nitrogens with zero attached hydrogens (tertiary/aromatic N) is 2. The molecule has 0 aliphatic carbocycles. The molecule has 1 aromatic carbocycles. The predicted octanol–water partition coefficient (Wildman–Crippen LogP) is 3.70. The summed E-state index contributed by atoms with van der Waals surface area (Å²) in [5, 5.41) is 4.47. The van der Waals surface area contributed by atoms with Gasteiger partial charge in [-0.15, -0.1) is 0 Å². The van der Waals surface area contributed by atoms with Gasteiger partial charge in [0.1, 0.15) is 17.1 Å². The highest BCUT2D eigenvalue weighted by molar-refractivity contribution is 6.30. The standard InChI is InChI=1S/C17H15ClN2O4/c1-20-9-11(18)7-15(20)17(21)23-10-12-8-14(19-24-12)13-5-3-4-6-16(13)22-2/h3-9H,10H2,1-2H3. The molecule has 6 nitrogen and oxygen atoms in total. The van der Waals surface area contributed by atoms with Crippen molar-refractivity contribution in [1.29, 1.82) is 0 Å². The number of methoxy groups -OCH3 is 1. The van der Waals surface area contributed by atoms with Gasteiger partial charge in [-0.25, -0.2) is 4.79 Å². The molecule has 3 aromatic rings. The van der Waals surface area contributed by atoms with Crippen LogP contribution in [-0.2, 0) is 18.4 Å². The lowest BCUT2D eigenvalue weighted by Gasteiger charge is -2.04. The smallest absolute Gasteiger partial charge is 0.355 e. The van der Waals surface area contributed by atoms with Crippen LogP contribution in [0.25, 0.3) is 11.3 Å². The first-order chi connectivity index (χ1) is 11.6. The molecule has 0 unspecified atom stereocenters. The van der Waals surface area contributed by atoms with Crippen LogP contribution in [0, 0.1) is 0 Å². The maximum Gasteiger partial charge on any atom is 0.355 e. The van der Waals surface area contributed by atoms with E-state index >= 15 is 0 Å². The number of hydrogen-bond acceptors (Lipinski definition) is 5. The van der Waals surface area contributed by atoms with E-state index in [-0.39, 0.29) is 6.61 Å². The third-order valence-electron chi connectivity index (χ3n) is 3.47. The van der Waals surface area contributed by atoms with Gasteiger partial charge in [-0.1, -0.05) is 28.9 Å². The average molecular weight is 347 g/mol. The van der Waals surface area contributed by atoms with Gasteiger partial charge in [-0.05, 0) is 18.2 Å². The quantitative estimate of drug-likeness (QED) is 0.659. The molecule has 0 saturated heterocycles. The van der Waals surface area contributed by atoms with Crippen LogP contribution < -0.4 is 4.74 Å². The Bertz CT molecular complexity index is 869. The maximum absolute atomic E-state index is 12.0. The van der Waals surface area contributed by atoms with E-state index in [1.54, 1.807) is 37.1 Å². The number of esters is 1. The van der Waals surface area contributed by atoms with E-state index < -0.39 is 5.97 Å². The highest BCUT2D eigenvalue weighted by Gasteiger charge is 2.15. The van der Waals surface area contributed by atoms with E-state index in [1.807, 2.05) is 24.3 Å². The minimum Gasteiger partial charge on any atom is -0.496 e. The Balaban J connectivity index is 1.70. The van der Waals surface area contributed by atoms with Crippen molar-refractivity contribution in [2.24, 2.45) is 7.05 Å². The van der Waals surface area contributed by atoms with E-state index in [1.165, 1.54) is 0 Å². The number of halogens is 1. The molecule has 3 rings (SSSR count). The summed E-state index contributed by atoms with van der Waals surface area (Å²) in [7, 11) is 3.31. The van der Waals surface area contributed by atoms with Crippen molar-refractivity contribution in [3.63, 3.8) is 0 Å². The molecule has 24 heavy (non-hydrogen) atoms. The highest BCUT2D eigenvalue weighted by atomic mass is 35.5. The zero-order valence-corrected chi connectivity index (χ0v) is 13.9. The van der Waals surface area contributed by atoms with Crippen LogP contribution in [0.15, 0.2) is 47.1 Å². The topological polar surface area (TPSA) is 66.5 Å². The number of para-hydroxylation sites is 1. The summed E-state index contributed by atoms with van der Waals surface area (Å²) in [4.78, 5) is 12.0. The number of benzene rings is 1. The fourth-order valence-electron chi connectivity index (χ4n) is 2.30. The summed E-state index contributed by atoms with van der Waals surface area (Å²) >= 11 is 5.86. The summed E-state index contributed by atoms with van der Waals surface area (Å²) in [6.45, 7) is -0.0240. The van der Waals surface area contributed by atoms with Gasteiger partial charge in [0.2, 0.25) is 0 Å². The summed E-state index contributed by atoms with van der Waals surface area (Å²) in [6, 6.07) is 10.7. The van der Waals surface area contributed by atoms with E-state index in [9.17, 15) is 4.79 Å². The van der Waals surface area contributed by atoms with Crippen LogP contribution in [0.2, 0.25) is 5.02 Å². The molecule has 0 radical (unpaired) electrons. The van der Waals surface area contributed by atoms with Crippen molar-refractivity contribution in [3.05, 3.63) is 59.1 Å². The van der Waals surface area contributed by atoms with Gasteiger partial charge in [0.05, 0.1) is 12.1 Å². The van der Waals surface area contributed by atoms with Gasteiger partial charge in [-0.3, -0.25) is 0 Å². The molecule has 0 aliphatic rings.